The number of amides is 1. The third kappa shape index (κ3) is 2.80. The maximum absolute atomic E-state index is 11.6. The van der Waals surface area contributed by atoms with Crippen LogP contribution in [0.5, 0.6) is 0 Å². The quantitative estimate of drug-likeness (QED) is 0.867. The molecule has 1 fully saturated rings. The lowest BCUT2D eigenvalue weighted by atomic mass is 10.0. The molecule has 0 aromatic heterocycles. The van der Waals surface area contributed by atoms with Crippen LogP contribution in [0.4, 0.5) is 4.79 Å². The van der Waals surface area contributed by atoms with Crippen LogP contribution in [0.15, 0.2) is 30.3 Å². The number of carbonyl (C=O) groups is 2. The largest absolute Gasteiger partial charge is 0.481 e. The first-order valence-electron chi connectivity index (χ1n) is 5.88. The van der Waals surface area contributed by atoms with E-state index in [4.69, 9.17) is 9.84 Å². The number of rotatable bonds is 5. The first-order chi connectivity index (χ1) is 8.68. The van der Waals surface area contributed by atoms with Gasteiger partial charge >= 0.3 is 12.1 Å². The third-order valence-electron chi connectivity index (χ3n) is 2.98. The van der Waals surface area contributed by atoms with Crippen molar-refractivity contribution in [2.75, 3.05) is 13.2 Å². The van der Waals surface area contributed by atoms with Gasteiger partial charge in [-0.15, -0.1) is 0 Å². The van der Waals surface area contributed by atoms with Gasteiger partial charge in [0.1, 0.15) is 6.61 Å². The van der Waals surface area contributed by atoms with E-state index < -0.39 is 5.97 Å². The van der Waals surface area contributed by atoms with Gasteiger partial charge in [0.25, 0.3) is 0 Å². The van der Waals surface area contributed by atoms with Crippen LogP contribution in [-0.2, 0) is 9.53 Å². The Morgan fingerprint density at radius 3 is 2.67 bits per heavy atom. The molecular formula is C13H15NO4. The highest BCUT2D eigenvalue weighted by Crippen LogP contribution is 2.28. The predicted molar refractivity (Wildman–Crippen MR) is 64.1 cm³/mol. The highest BCUT2D eigenvalue weighted by atomic mass is 16.6. The summed E-state index contributed by atoms with van der Waals surface area (Å²) in [5.41, 5.74) is 0.942. The average Bonchev–Trinajstić information content (AvgIpc) is 2.77. The molecule has 1 aliphatic heterocycles. The molecule has 0 saturated carbocycles. The summed E-state index contributed by atoms with van der Waals surface area (Å²) in [6.07, 6.45) is 0.0619. The van der Waals surface area contributed by atoms with Crippen molar-refractivity contribution in [1.29, 1.82) is 0 Å². The molecule has 96 valence electrons. The van der Waals surface area contributed by atoms with E-state index >= 15 is 0 Å². The number of aliphatic carboxylic acids is 1. The molecule has 1 unspecified atom stereocenters. The maximum Gasteiger partial charge on any atom is 0.410 e. The Labute approximate surface area is 105 Å². The Bertz CT molecular complexity index is 432. The molecule has 0 bridgehead atoms. The second-order valence-electron chi connectivity index (χ2n) is 4.17. The summed E-state index contributed by atoms with van der Waals surface area (Å²) in [5.74, 6) is -0.858. The molecule has 1 atom stereocenters. The number of nitrogens with zero attached hydrogens (tertiary/aromatic N) is 1. The van der Waals surface area contributed by atoms with E-state index in [1.165, 1.54) is 0 Å². The van der Waals surface area contributed by atoms with Crippen molar-refractivity contribution in [1.82, 2.24) is 4.90 Å². The van der Waals surface area contributed by atoms with Crippen molar-refractivity contribution in [3.05, 3.63) is 35.9 Å². The van der Waals surface area contributed by atoms with Crippen LogP contribution in [0.25, 0.3) is 0 Å². The van der Waals surface area contributed by atoms with E-state index in [0.717, 1.165) is 5.56 Å². The SMILES string of the molecule is O=C(O)CCC(c1ccccc1)N1CCOC1=O. The van der Waals surface area contributed by atoms with Gasteiger partial charge in [-0.1, -0.05) is 30.3 Å². The molecular weight excluding hydrogens is 234 g/mol. The number of carboxylic acid groups (broad SMARTS) is 1. The summed E-state index contributed by atoms with van der Waals surface area (Å²) in [6, 6.07) is 9.22. The molecule has 0 spiro atoms. The fourth-order valence-corrected chi connectivity index (χ4v) is 2.13. The smallest absolute Gasteiger partial charge is 0.410 e. The maximum atomic E-state index is 11.6. The zero-order chi connectivity index (χ0) is 13.0. The Morgan fingerprint density at radius 2 is 2.11 bits per heavy atom. The lowest BCUT2D eigenvalue weighted by Gasteiger charge is -2.25. The fraction of sp³-hybridized carbons (Fsp3) is 0.385. The highest BCUT2D eigenvalue weighted by Gasteiger charge is 2.30. The summed E-state index contributed by atoms with van der Waals surface area (Å²) in [7, 11) is 0. The summed E-state index contributed by atoms with van der Waals surface area (Å²) in [5, 5.41) is 8.78. The van der Waals surface area contributed by atoms with Crippen LogP contribution in [0.3, 0.4) is 0 Å². The zero-order valence-electron chi connectivity index (χ0n) is 9.91. The number of hydrogen-bond acceptors (Lipinski definition) is 3. The van der Waals surface area contributed by atoms with Gasteiger partial charge in [-0.05, 0) is 12.0 Å². The Kier molecular flexibility index (Phi) is 3.82. The first kappa shape index (κ1) is 12.4. The lowest BCUT2D eigenvalue weighted by molar-refractivity contribution is -0.137. The summed E-state index contributed by atoms with van der Waals surface area (Å²) < 4.78 is 4.91. The minimum atomic E-state index is -0.858. The normalized spacial score (nSPS) is 16.4. The van der Waals surface area contributed by atoms with Crippen LogP contribution in [0.1, 0.15) is 24.4 Å². The van der Waals surface area contributed by atoms with Crippen molar-refractivity contribution >= 4 is 12.1 Å². The number of carbonyl (C=O) groups excluding carboxylic acids is 1. The second kappa shape index (κ2) is 5.53. The minimum Gasteiger partial charge on any atom is -0.481 e. The van der Waals surface area contributed by atoms with Gasteiger partial charge in [0.05, 0.1) is 12.6 Å². The van der Waals surface area contributed by atoms with Gasteiger partial charge < -0.3 is 9.84 Å². The zero-order valence-corrected chi connectivity index (χ0v) is 9.91. The van der Waals surface area contributed by atoms with E-state index in [2.05, 4.69) is 0 Å². The van der Waals surface area contributed by atoms with E-state index in [9.17, 15) is 9.59 Å². The number of cyclic esters (lactones) is 1. The Balaban J connectivity index is 2.17. The average molecular weight is 249 g/mol. The molecule has 1 heterocycles. The van der Waals surface area contributed by atoms with Gasteiger partial charge in [0.2, 0.25) is 0 Å². The number of benzene rings is 1. The van der Waals surface area contributed by atoms with E-state index in [-0.39, 0.29) is 18.6 Å². The lowest BCUT2D eigenvalue weighted by Crippen LogP contribution is -2.30. The fourth-order valence-electron chi connectivity index (χ4n) is 2.13. The molecule has 1 aromatic carbocycles. The standard InChI is InChI=1S/C13H15NO4/c15-12(16)7-6-11(10-4-2-1-3-5-10)14-8-9-18-13(14)17/h1-5,11H,6-9H2,(H,15,16). The van der Waals surface area contributed by atoms with Gasteiger partial charge in [-0.3, -0.25) is 9.69 Å². The Morgan fingerprint density at radius 1 is 1.39 bits per heavy atom. The van der Waals surface area contributed by atoms with E-state index in [1.54, 1.807) is 4.90 Å². The van der Waals surface area contributed by atoms with Crippen LogP contribution >= 0.6 is 0 Å². The number of hydrogen-bond donors (Lipinski definition) is 1. The van der Waals surface area contributed by atoms with Crippen molar-refractivity contribution in [2.24, 2.45) is 0 Å². The predicted octanol–water partition coefficient (Wildman–Crippen LogP) is 2.04. The molecule has 2 rings (SSSR count). The molecule has 1 saturated heterocycles. The molecule has 1 aromatic rings. The van der Waals surface area contributed by atoms with Crippen molar-refractivity contribution in [3.8, 4) is 0 Å². The van der Waals surface area contributed by atoms with E-state index in [1.807, 2.05) is 30.3 Å². The summed E-state index contributed by atoms with van der Waals surface area (Å²) in [6.45, 7) is 0.882. The molecule has 18 heavy (non-hydrogen) atoms. The Hall–Kier alpha value is -2.04. The minimum absolute atomic E-state index is 0.0311. The van der Waals surface area contributed by atoms with Gasteiger partial charge in [-0.25, -0.2) is 4.79 Å². The van der Waals surface area contributed by atoms with Crippen LogP contribution in [0, 0.1) is 0 Å². The topological polar surface area (TPSA) is 66.8 Å². The number of ether oxygens (including phenoxy) is 1. The molecule has 1 N–H and O–H groups in total. The molecule has 5 heteroatoms. The molecule has 1 amide bonds. The second-order valence-corrected chi connectivity index (χ2v) is 4.17. The number of carboxylic acids is 1. The first-order valence-corrected chi connectivity index (χ1v) is 5.88. The van der Waals surface area contributed by atoms with Crippen LogP contribution in [0.2, 0.25) is 0 Å². The molecule has 5 nitrogen and oxygen atoms in total. The van der Waals surface area contributed by atoms with Crippen molar-refractivity contribution < 1.29 is 19.4 Å². The molecule has 0 aliphatic carbocycles. The molecule has 0 radical (unpaired) electrons. The summed E-state index contributed by atoms with van der Waals surface area (Å²) >= 11 is 0. The van der Waals surface area contributed by atoms with Crippen LogP contribution in [-0.4, -0.2) is 35.2 Å². The van der Waals surface area contributed by atoms with E-state index in [0.29, 0.717) is 19.6 Å². The van der Waals surface area contributed by atoms with Crippen molar-refractivity contribution in [3.63, 3.8) is 0 Å². The summed E-state index contributed by atoms with van der Waals surface area (Å²) in [4.78, 5) is 23.9. The monoisotopic (exact) mass is 249 g/mol. The van der Waals surface area contributed by atoms with Crippen LogP contribution < -0.4 is 0 Å². The van der Waals surface area contributed by atoms with Gasteiger partial charge in [0, 0.05) is 6.42 Å². The molecule has 1 aliphatic rings. The van der Waals surface area contributed by atoms with Gasteiger partial charge in [0.15, 0.2) is 0 Å². The van der Waals surface area contributed by atoms with Crippen molar-refractivity contribution in [2.45, 2.75) is 18.9 Å². The van der Waals surface area contributed by atoms with Gasteiger partial charge in [-0.2, -0.15) is 0 Å². The highest BCUT2D eigenvalue weighted by molar-refractivity contribution is 5.70. The third-order valence-corrected chi connectivity index (χ3v) is 2.98.